The number of carbonyl (C=O) groups is 1. The van der Waals surface area contributed by atoms with Crippen LogP contribution in [0.15, 0.2) is 11.4 Å². The zero-order valence-corrected chi connectivity index (χ0v) is 9.06. The maximum Gasteiger partial charge on any atom is 0.175 e. The molecule has 66 valence electrons. The number of thiophene rings is 1. The number of thioether (sulfide) groups is 1. The molecule has 1 aromatic heterocycles. The van der Waals surface area contributed by atoms with Gasteiger partial charge in [-0.15, -0.1) is 11.3 Å². The highest BCUT2D eigenvalue weighted by Crippen LogP contribution is 2.23. The Labute approximate surface area is 85.1 Å². The molecule has 0 bridgehead atoms. The first kappa shape index (κ1) is 10.1. The fourth-order valence-corrected chi connectivity index (χ4v) is 2.32. The normalized spacial score (nSPS) is 10.2. The fraction of sp³-hybridized carbons (Fsp3) is 0.375. The third kappa shape index (κ3) is 2.51. The van der Waals surface area contributed by atoms with Gasteiger partial charge in [-0.05, 0) is 17.7 Å². The van der Waals surface area contributed by atoms with Gasteiger partial charge in [-0.1, -0.05) is 11.6 Å². The third-order valence-corrected chi connectivity index (χ3v) is 3.40. The molecule has 1 aromatic rings. The molecule has 0 aliphatic heterocycles. The summed E-state index contributed by atoms with van der Waals surface area (Å²) in [6.45, 7) is 0. The van der Waals surface area contributed by atoms with Crippen LogP contribution in [0.2, 0.25) is 5.02 Å². The zero-order valence-electron chi connectivity index (χ0n) is 6.67. The monoisotopic (exact) mass is 220 g/mol. The van der Waals surface area contributed by atoms with Crippen LogP contribution in [0.3, 0.4) is 0 Å². The molecule has 0 saturated heterocycles. The number of hydrogen-bond donors (Lipinski definition) is 0. The average molecular weight is 221 g/mol. The lowest BCUT2D eigenvalue weighted by atomic mass is 10.2. The minimum atomic E-state index is 0.157. The predicted molar refractivity (Wildman–Crippen MR) is 56.7 cm³/mol. The maximum absolute atomic E-state index is 11.4. The van der Waals surface area contributed by atoms with Gasteiger partial charge in [0.05, 0.1) is 9.90 Å². The average Bonchev–Trinajstić information content (AvgIpc) is 2.47. The van der Waals surface area contributed by atoms with Gasteiger partial charge in [0.2, 0.25) is 0 Å². The van der Waals surface area contributed by atoms with Crippen LogP contribution >= 0.6 is 34.7 Å². The van der Waals surface area contributed by atoms with Crippen LogP contribution in [0.5, 0.6) is 0 Å². The molecular formula is C8H9ClOS2. The van der Waals surface area contributed by atoms with Crippen molar-refractivity contribution in [3.05, 3.63) is 21.3 Å². The van der Waals surface area contributed by atoms with Gasteiger partial charge in [0.15, 0.2) is 5.78 Å². The Morgan fingerprint density at radius 3 is 3.00 bits per heavy atom. The molecule has 0 fully saturated rings. The Kier molecular flexibility index (Phi) is 4.12. The highest BCUT2D eigenvalue weighted by molar-refractivity contribution is 7.98. The van der Waals surface area contributed by atoms with Gasteiger partial charge in [0.1, 0.15) is 0 Å². The molecule has 0 radical (unpaired) electrons. The van der Waals surface area contributed by atoms with Crippen molar-refractivity contribution in [3.8, 4) is 0 Å². The van der Waals surface area contributed by atoms with Crippen molar-refractivity contribution in [2.45, 2.75) is 6.42 Å². The first-order valence-electron chi connectivity index (χ1n) is 3.51. The summed E-state index contributed by atoms with van der Waals surface area (Å²) in [6, 6.07) is 1.76. The molecule has 0 aliphatic carbocycles. The Bertz CT molecular complexity index is 270. The van der Waals surface area contributed by atoms with Crippen molar-refractivity contribution in [2.24, 2.45) is 0 Å². The largest absolute Gasteiger partial charge is 0.293 e. The van der Waals surface area contributed by atoms with Crippen LogP contribution in [-0.2, 0) is 0 Å². The first-order valence-corrected chi connectivity index (χ1v) is 6.16. The van der Waals surface area contributed by atoms with Crippen molar-refractivity contribution in [1.82, 2.24) is 0 Å². The van der Waals surface area contributed by atoms with Crippen LogP contribution < -0.4 is 0 Å². The van der Waals surface area contributed by atoms with Crippen LogP contribution in [0.1, 0.15) is 16.1 Å². The lowest BCUT2D eigenvalue weighted by Crippen LogP contribution is -1.97. The molecular weight excluding hydrogens is 212 g/mol. The second kappa shape index (κ2) is 4.90. The Morgan fingerprint density at radius 2 is 2.50 bits per heavy atom. The molecule has 0 aliphatic rings. The molecule has 0 aromatic carbocycles. The lowest BCUT2D eigenvalue weighted by Gasteiger charge is -1.95. The van der Waals surface area contributed by atoms with E-state index in [9.17, 15) is 4.79 Å². The highest BCUT2D eigenvalue weighted by Gasteiger charge is 2.10. The quantitative estimate of drug-likeness (QED) is 0.724. The summed E-state index contributed by atoms with van der Waals surface area (Å²) in [5.74, 6) is 1.02. The van der Waals surface area contributed by atoms with E-state index in [0.717, 1.165) is 5.75 Å². The van der Waals surface area contributed by atoms with E-state index in [0.29, 0.717) is 16.3 Å². The number of carbonyl (C=O) groups excluding carboxylic acids is 1. The van der Waals surface area contributed by atoms with E-state index in [2.05, 4.69) is 0 Å². The van der Waals surface area contributed by atoms with Gasteiger partial charge in [0, 0.05) is 12.2 Å². The van der Waals surface area contributed by atoms with Crippen molar-refractivity contribution in [3.63, 3.8) is 0 Å². The molecule has 1 rings (SSSR count). The van der Waals surface area contributed by atoms with E-state index in [4.69, 9.17) is 11.6 Å². The van der Waals surface area contributed by atoms with Crippen molar-refractivity contribution >= 4 is 40.5 Å². The molecule has 4 heteroatoms. The molecule has 0 atom stereocenters. The first-order chi connectivity index (χ1) is 5.75. The number of halogens is 1. The molecule has 1 nitrogen and oxygen atoms in total. The molecule has 0 amide bonds. The van der Waals surface area contributed by atoms with E-state index in [1.807, 2.05) is 11.6 Å². The van der Waals surface area contributed by atoms with Gasteiger partial charge in [-0.3, -0.25) is 4.79 Å². The number of Topliss-reactive ketones (excluding diaryl/α,β-unsaturated/α-hetero) is 1. The fourth-order valence-electron chi connectivity index (χ4n) is 0.801. The van der Waals surface area contributed by atoms with Gasteiger partial charge in [-0.25, -0.2) is 0 Å². The third-order valence-electron chi connectivity index (χ3n) is 1.40. The van der Waals surface area contributed by atoms with Gasteiger partial charge in [-0.2, -0.15) is 11.8 Å². The predicted octanol–water partition coefficient (Wildman–Crippen LogP) is 3.34. The molecule has 1 heterocycles. The van der Waals surface area contributed by atoms with Crippen LogP contribution in [0.25, 0.3) is 0 Å². The van der Waals surface area contributed by atoms with E-state index in [-0.39, 0.29) is 5.78 Å². The summed E-state index contributed by atoms with van der Waals surface area (Å²) in [6.07, 6.45) is 2.57. The van der Waals surface area contributed by atoms with E-state index < -0.39 is 0 Å². The summed E-state index contributed by atoms with van der Waals surface area (Å²) in [5.41, 5.74) is 0. The van der Waals surface area contributed by atoms with Gasteiger partial charge < -0.3 is 0 Å². The highest BCUT2D eigenvalue weighted by atomic mass is 35.5. The minimum absolute atomic E-state index is 0.157. The van der Waals surface area contributed by atoms with Crippen molar-refractivity contribution in [2.75, 3.05) is 12.0 Å². The maximum atomic E-state index is 11.4. The zero-order chi connectivity index (χ0) is 8.97. The number of hydrogen-bond acceptors (Lipinski definition) is 3. The molecule has 0 N–H and O–H groups in total. The van der Waals surface area contributed by atoms with Crippen molar-refractivity contribution < 1.29 is 4.79 Å². The summed E-state index contributed by atoms with van der Waals surface area (Å²) >= 11 is 8.89. The SMILES string of the molecule is CSCCC(=O)c1sccc1Cl. The van der Waals surface area contributed by atoms with Crippen molar-refractivity contribution in [1.29, 1.82) is 0 Å². The van der Waals surface area contributed by atoms with E-state index >= 15 is 0 Å². The molecule has 0 spiro atoms. The summed E-state index contributed by atoms with van der Waals surface area (Å²) in [4.78, 5) is 12.1. The molecule has 0 unspecified atom stereocenters. The van der Waals surface area contributed by atoms with E-state index in [1.54, 1.807) is 17.8 Å². The standard InChI is InChI=1S/C8H9ClOS2/c1-11-4-3-7(10)8-6(9)2-5-12-8/h2,5H,3-4H2,1H3. The number of ketones is 1. The summed E-state index contributed by atoms with van der Waals surface area (Å²) in [5, 5.41) is 2.43. The number of rotatable bonds is 4. The van der Waals surface area contributed by atoms with Gasteiger partial charge in [0.25, 0.3) is 0 Å². The summed E-state index contributed by atoms with van der Waals surface area (Å²) < 4.78 is 0. The van der Waals surface area contributed by atoms with Gasteiger partial charge >= 0.3 is 0 Å². The Morgan fingerprint density at radius 1 is 1.75 bits per heavy atom. The smallest absolute Gasteiger partial charge is 0.175 e. The van der Waals surface area contributed by atoms with Crippen LogP contribution in [0.4, 0.5) is 0 Å². The molecule has 12 heavy (non-hydrogen) atoms. The summed E-state index contributed by atoms with van der Waals surface area (Å²) in [7, 11) is 0. The topological polar surface area (TPSA) is 17.1 Å². The van der Waals surface area contributed by atoms with Crippen LogP contribution in [0, 0.1) is 0 Å². The Balaban J connectivity index is 2.59. The lowest BCUT2D eigenvalue weighted by molar-refractivity contribution is 0.0993. The second-order valence-electron chi connectivity index (χ2n) is 2.26. The van der Waals surface area contributed by atoms with Crippen LogP contribution in [-0.4, -0.2) is 17.8 Å². The van der Waals surface area contributed by atoms with E-state index in [1.165, 1.54) is 11.3 Å². The second-order valence-corrected chi connectivity index (χ2v) is 4.57. The minimum Gasteiger partial charge on any atom is -0.293 e. The molecule has 0 saturated carbocycles. The Hall–Kier alpha value is 0.01000.